The van der Waals surface area contributed by atoms with Crippen molar-refractivity contribution in [3.8, 4) is 0 Å². The molecule has 1 unspecified atom stereocenters. The first kappa shape index (κ1) is 13.8. The van der Waals surface area contributed by atoms with Gasteiger partial charge in [-0.15, -0.1) is 0 Å². The summed E-state index contributed by atoms with van der Waals surface area (Å²) in [6, 6.07) is 13.5. The first-order valence-corrected chi connectivity index (χ1v) is 7.15. The summed E-state index contributed by atoms with van der Waals surface area (Å²) in [7, 11) is 0. The van der Waals surface area contributed by atoms with Gasteiger partial charge in [-0.3, -0.25) is 9.78 Å². The molecular weight excluding hydrogens is 264 g/mol. The monoisotopic (exact) mass is 282 g/mol. The number of aromatic nitrogens is 1. The molecule has 0 spiro atoms. The van der Waals surface area contributed by atoms with Crippen molar-refractivity contribution in [2.45, 2.75) is 19.4 Å². The maximum atomic E-state index is 12.9. The zero-order valence-electron chi connectivity index (χ0n) is 12.0. The summed E-state index contributed by atoms with van der Waals surface area (Å²) in [5, 5.41) is 0. The van der Waals surface area contributed by atoms with Crippen LogP contribution in [0.1, 0.15) is 22.5 Å². The van der Waals surface area contributed by atoms with Crippen molar-refractivity contribution in [1.82, 2.24) is 4.98 Å². The van der Waals surface area contributed by atoms with Crippen molar-refractivity contribution in [1.29, 1.82) is 0 Å². The number of hydrogen-bond acceptors (Lipinski definition) is 3. The number of hydrogen-bond donors (Lipinski definition) is 0. The Morgan fingerprint density at radius 1 is 1.24 bits per heavy atom. The van der Waals surface area contributed by atoms with E-state index in [0.29, 0.717) is 18.8 Å². The van der Waals surface area contributed by atoms with Crippen LogP contribution in [0, 0.1) is 6.92 Å². The number of ether oxygens (including phenoxy) is 1. The van der Waals surface area contributed by atoms with Gasteiger partial charge in [0.15, 0.2) is 0 Å². The van der Waals surface area contributed by atoms with Crippen LogP contribution in [-0.2, 0) is 4.74 Å². The second kappa shape index (κ2) is 6.06. The van der Waals surface area contributed by atoms with Crippen molar-refractivity contribution < 1.29 is 9.53 Å². The largest absolute Gasteiger partial charge is 0.379 e. The fourth-order valence-corrected chi connectivity index (χ4v) is 2.54. The zero-order valence-corrected chi connectivity index (χ0v) is 12.0. The highest BCUT2D eigenvalue weighted by molar-refractivity contribution is 6.06. The molecule has 0 radical (unpaired) electrons. The molecule has 1 amide bonds. The van der Waals surface area contributed by atoms with E-state index in [1.165, 1.54) is 0 Å². The fourth-order valence-electron chi connectivity index (χ4n) is 2.54. The summed E-state index contributed by atoms with van der Waals surface area (Å²) < 4.78 is 5.46. The van der Waals surface area contributed by atoms with Crippen molar-refractivity contribution in [2.24, 2.45) is 0 Å². The third-order valence-electron chi connectivity index (χ3n) is 3.68. The van der Waals surface area contributed by atoms with Crippen LogP contribution in [0.4, 0.5) is 5.69 Å². The number of anilines is 1. The van der Waals surface area contributed by atoms with Crippen LogP contribution in [0.15, 0.2) is 48.7 Å². The minimum absolute atomic E-state index is 0.0239. The summed E-state index contributed by atoms with van der Waals surface area (Å²) >= 11 is 0. The van der Waals surface area contributed by atoms with Gasteiger partial charge in [0.05, 0.1) is 18.2 Å². The van der Waals surface area contributed by atoms with Gasteiger partial charge in [-0.2, -0.15) is 0 Å². The molecule has 1 aromatic heterocycles. The topological polar surface area (TPSA) is 42.4 Å². The molecule has 108 valence electrons. The lowest BCUT2D eigenvalue weighted by Crippen LogP contribution is -2.41. The maximum Gasteiger partial charge on any atom is 0.260 e. The highest BCUT2D eigenvalue weighted by Gasteiger charge is 2.29. The summed E-state index contributed by atoms with van der Waals surface area (Å²) in [6.45, 7) is 3.20. The summed E-state index contributed by atoms with van der Waals surface area (Å²) in [6.07, 6.45) is 2.50. The number of rotatable bonds is 3. The quantitative estimate of drug-likeness (QED) is 0.869. The Labute approximate surface area is 124 Å². The summed E-state index contributed by atoms with van der Waals surface area (Å²) in [5.41, 5.74) is 2.41. The van der Waals surface area contributed by atoms with Crippen molar-refractivity contribution >= 4 is 11.6 Å². The lowest BCUT2D eigenvalue weighted by molar-refractivity contribution is 0.0971. The van der Waals surface area contributed by atoms with Crippen molar-refractivity contribution in [2.75, 3.05) is 18.1 Å². The maximum absolute atomic E-state index is 12.9. The molecule has 21 heavy (non-hydrogen) atoms. The van der Waals surface area contributed by atoms with Crippen LogP contribution >= 0.6 is 0 Å². The number of aryl methyl sites for hydroxylation is 1. The lowest BCUT2D eigenvalue weighted by atomic mass is 10.1. The van der Waals surface area contributed by atoms with Gasteiger partial charge in [-0.1, -0.05) is 18.2 Å². The van der Waals surface area contributed by atoms with Gasteiger partial charge >= 0.3 is 0 Å². The van der Waals surface area contributed by atoms with E-state index < -0.39 is 0 Å². The molecule has 4 nitrogen and oxygen atoms in total. The summed E-state index contributed by atoms with van der Waals surface area (Å²) in [4.78, 5) is 18.9. The smallest absolute Gasteiger partial charge is 0.260 e. The average Bonchev–Trinajstić information content (AvgIpc) is 3.03. The number of carbonyl (C=O) groups is 1. The predicted molar refractivity (Wildman–Crippen MR) is 81.4 cm³/mol. The molecule has 1 atom stereocenters. The first-order chi connectivity index (χ1) is 10.3. The third-order valence-corrected chi connectivity index (χ3v) is 3.68. The Balaban J connectivity index is 1.94. The number of pyridine rings is 1. The van der Waals surface area contributed by atoms with E-state index in [1.54, 1.807) is 6.20 Å². The molecule has 2 heterocycles. The molecule has 2 aromatic rings. The standard InChI is InChI=1S/C17H18N2O2/c1-13-7-8-14(11-18-13)17(20)19(16-9-10-21-12-16)15-5-3-2-4-6-15/h2-8,11,16H,9-10,12H2,1H3. The van der Waals surface area contributed by atoms with Crippen LogP contribution in [0.5, 0.6) is 0 Å². The molecule has 0 N–H and O–H groups in total. The minimum atomic E-state index is -0.0239. The number of para-hydroxylation sites is 1. The van der Waals surface area contributed by atoms with E-state index in [2.05, 4.69) is 4.98 Å². The molecule has 4 heteroatoms. The van der Waals surface area contributed by atoms with E-state index >= 15 is 0 Å². The Bertz CT molecular complexity index is 604. The van der Waals surface area contributed by atoms with E-state index in [9.17, 15) is 4.79 Å². The molecule has 1 aliphatic heterocycles. The van der Waals surface area contributed by atoms with Crippen LogP contribution in [0.2, 0.25) is 0 Å². The molecule has 0 saturated carbocycles. The molecule has 1 saturated heterocycles. The number of nitrogens with zero attached hydrogens (tertiary/aromatic N) is 2. The molecule has 0 aliphatic carbocycles. The minimum Gasteiger partial charge on any atom is -0.379 e. The normalized spacial score (nSPS) is 17.7. The van der Waals surface area contributed by atoms with E-state index in [4.69, 9.17) is 4.74 Å². The molecule has 3 rings (SSSR count). The van der Waals surface area contributed by atoms with E-state index in [0.717, 1.165) is 17.8 Å². The molecular formula is C17H18N2O2. The third kappa shape index (κ3) is 2.95. The SMILES string of the molecule is Cc1ccc(C(=O)N(c2ccccc2)C2CCOC2)cn1. The lowest BCUT2D eigenvalue weighted by Gasteiger charge is -2.28. The second-order valence-electron chi connectivity index (χ2n) is 5.22. The molecule has 1 fully saturated rings. The number of amides is 1. The van der Waals surface area contributed by atoms with Gasteiger partial charge in [0.25, 0.3) is 5.91 Å². The molecule has 1 aliphatic rings. The van der Waals surface area contributed by atoms with Crippen LogP contribution in [0.3, 0.4) is 0 Å². The van der Waals surface area contributed by atoms with Gasteiger partial charge in [0.1, 0.15) is 0 Å². The van der Waals surface area contributed by atoms with Crippen LogP contribution in [0.25, 0.3) is 0 Å². The highest BCUT2D eigenvalue weighted by Crippen LogP contribution is 2.24. The Morgan fingerprint density at radius 3 is 2.67 bits per heavy atom. The predicted octanol–water partition coefficient (Wildman–Crippen LogP) is 2.83. The summed E-state index contributed by atoms with van der Waals surface area (Å²) in [5.74, 6) is -0.0239. The van der Waals surface area contributed by atoms with Crippen molar-refractivity contribution in [3.63, 3.8) is 0 Å². The van der Waals surface area contributed by atoms with Gasteiger partial charge in [0, 0.05) is 24.2 Å². The van der Waals surface area contributed by atoms with Gasteiger partial charge in [-0.05, 0) is 37.6 Å². The van der Waals surface area contributed by atoms with E-state index in [-0.39, 0.29) is 11.9 Å². The van der Waals surface area contributed by atoms with Gasteiger partial charge in [0.2, 0.25) is 0 Å². The molecule has 1 aromatic carbocycles. The molecule has 0 bridgehead atoms. The average molecular weight is 282 g/mol. The Morgan fingerprint density at radius 2 is 2.05 bits per heavy atom. The van der Waals surface area contributed by atoms with Gasteiger partial charge in [-0.25, -0.2) is 0 Å². The van der Waals surface area contributed by atoms with Gasteiger partial charge < -0.3 is 9.64 Å². The van der Waals surface area contributed by atoms with Crippen LogP contribution in [-0.4, -0.2) is 30.1 Å². The number of carbonyl (C=O) groups excluding carboxylic acids is 1. The van der Waals surface area contributed by atoms with Crippen LogP contribution < -0.4 is 4.90 Å². The zero-order chi connectivity index (χ0) is 14.7. The fraction of sp³-hybridized carbons (Fsp3) is 0.294. The first-order valence-electron chi connectivity index (χ1n) is 7.15. The second-order valence-corrected chi connectivity index (χ2v) is 5.22. The Hall–Kier alpha value is -2.20. The van der Waals surface area contributed by atoms with Crippen molar-refractivity contribution in [3.05, 3.63) is 59.9 Å². The number of benzene rings is 1. The highest BCUT2D eigenvalue weighted by atomic mass is 16.5. The van der Waals surface area contributed by atoms with E-state index in [1.807, 2.05) is 54.3 Å². The Kier molecular flexibility index (Phi) is 3.97.